The Morgan fingerprint density at radius 1 is 1.00 bits per heavy atom. The van der Waals surface area contributed by atoms with Crippen LogP contribution in [0.25, 0.3) is 0 Å². The second-order valence-corrected chi connectivity index (χ2v) is 12.9. The topological polar surface area (TPSA) is 55.4 Å². The van der Waals surface area contributed by atoms with Crippen molar-refractivity contribution in [3.63, 3.8) is 0 Å². The van der Waals surface area contributed by atoms with E-state index in [0.29, 0.717) is 6.16 Å². The highest BCUT2D eigenvalue weighted by atomic mass is 31.2. The van der Waals surface area contributed by atoms with Gasteiger partial charge in [0.2, 0.25) is 0 Å². The summed E-state index contributed by atoms with van der Waals surface area (Å²) >= 11 is 0. The summed E-state index contributed by atoms with van der Waals surface area (Å²) in [6.07, 6.45) is 2.02. The lowest BCUT2D eigenvalue weighted by molar-refractivity contribution is -0.141. The minimum Gasteiger partial charge on any atom is -0.458 e. The minimum atomic E-state index is -1.85. The first kappa shape index (κ1) is 24.1. The van der Waals surface area contributed by atoms with Crippen LogP contribution in [0.5, 0.6) is 0 Å². The lowest BCUT2D eigenvalue weighted by Crippen LogP contribution is -2.33. The summed E-state index contributed by atoms with van der Waals surface area (Å²) in [6, 6.07) is 13.8. The maximum atomic E-state index is 13.2. The number of amides is 1. The molecule has 2 aromatic rings. The first-order valence-electron chi connectivity index (χ1n) is 10.7. The molecule has 4 nitrogen and oxygen atoms in total. The number of nitrogens with one attached hydrogen (secondary N) is 1. The number of rotatable bonds is 9. The zero-order valence-electron chi connectivity index (χ0n) is 19.1. The molecule has 0 aliphatic heterocycles. The van der Waals surface area contributed by atoms with Gasteiger partial charge >= 0.3 is 5.97 Å². The van der Waals surface area contributed by atoms with E-state index in [-0.39, 0.29) is 24.1 Å². The fraction of sp³-hybridized carbons (Fsp3) is 0.440. The quantitative estimate of drug-likeness (QED) is 0.409. The highest BCUT2D eigenvalue weighted by Crippen LogP contribution is 2.62. The highest BCUT2D eigenvalue weighted by molar-refractivity contribution is 7.78. The van der Waals surface area contributed by atoms with Crippen molar-refractivity contribution in [3.8, 4) is 0 Å². The Kier molecular flexibility index (Phi) is 8.61. The molecule has 0 heterocycles. The van der Waals surface area contributed by atoms with Crippen LogP contribution in [0, 0.1) is 20.8 Å². The van der Waals surface area contributed by atoms with Crippen LogP contribution >= 0.6 is 7.26 Å². The lowest BCUT2D eigenvalue weighted by Gasteiger charge is -2.30. The predicted molar refractivity (Wildman–Crippen MR) is 128 cm³/mol. The zero-order chi connectivity index (χ0) is 22.3. The molecule has 1 atom stereocenters. The monoisotopic (exact) mass is 428 g/mol. The average Bonchev–Trinajstić information content (AvgIpc) is 2.73. The van der Waals surface area contributed by atoms with Gasteiger partial charge in [-0.15, -0.1) is 0 Å². The molecule has 0 aliphatic rings. The summed E-state index contributed by atoms with van der Waals surface area (Å²) < 4.78 is 5.54. The van der Waals surface area contributed by atoms with Crippen LogP contribution in [0.1, 0.15) is 43.0 Å². The third-order valence-electron chi connectivity index (χ3n) is 6.07. The number of esters is 1. The molecule has 1 amide bonds. The molecule has 1 unspecified atom stereocenters. The van der Waals surface area contributed by atoms with E-state index in [1.165, 1.54) is 5.56 Å². The first-order valence-corrected chi connectivity index (χ1v) is 13.1. The summed E-state index contributed by atoms with van der Waals surface area (Å²) in [7, 11) is -1.85. The van der Waals surface area contributed by atoms with E-state index >= 15 is 0 Å². The zero-order valence-corrected chi connectivity index (χ0v) is 20.0. The van der Waals surface area contributed by atoms with Crippen LogP contribution in [0.15, 0.2) is 42.5 Å². The molecular weight excluding hydrogens is 393 g/mol. The third kappa shape index (κ3) is 5.92. The van der Waals surface area contributed by atoms with Crippen molar-refractivity contribution >= 4 is 24.8 Å². The largest absolute Gasteiger partial charge is 0.458 e. The number of ether oxygens (including phenoxy) is 1. The summed E-state index contributed by atoms with van der Waals surface area (Å²) in [5.74, 6) is -0.212. The summed E-state index contributed by atoms with van der Waals surface area (Å²) in [6.45, 7) is 12.5. The van der Waals surface area contributed by atoms with Crippen molar-refractivity contribution in [1.29, 1.82) is 0 Å². The molecule has 0 aliphatic carbocycles. The van der Waals surface area contributed by atoms with E-state index in [4.69, 9.17) is 4.74 Å². The van der Waals surface area contributed by atoms with Crippen LogP contribution < -0.4 is 5.32 Å². The summed E-state index contributed by atoms with van der Waals surface area (Å²) in [5, 5.41) is 3.15. The Balaban J connectivity index is 2.10. The Morgan fingerprint density at radius 3 is 2.10 bits per heavy atom. The van der Waals surface area contributed by atoms with E-state index in [0.717, 1.165) is 34.7 Å². The minimum absolute atomic E-state index is 0.00190. The smallest absolute Gasteiger partial charge is 0.344 e. The van der Waals surface area contributed by atoms with Crippen molar-refractivity contribution in [3.05, 3.63) is 64.7 Å². The van der Waals surface area contributed by atoms with Crippen LogP contribution in [0.2, 0.25) is 0 Å². The van der Waals surface area contributed by atoms with Gasteiger partial charge in [-0.25, -0.2) is 4.79 Å². The molecule has 2 rings (SSSR count). The maximum absolute atomic E-state index is 13.2. The van der Waals surface area contributed by atoms with E-state index in [1.54, 1.807) is 0 Å². The van der Waals surface area contributed by atoms with Gasteiger partial charge in [0.25, 0.3) is 5.91 Å². The molecule has 162 valence electrons. The van der Waals surface area contributed by atoms with Gasteiger partial charge in [0, 0.05) is 12.9 Å². The molecule has 0 bridgehead atoms. The number of aryl methyl sites for hydroxylation is 3. The van der Waals surface area contributed by atoms with Crippen LogP contribution in [0.3, 0.4) is 0 Å². The van der Waals surface area contributed by atoms with Gasteiger partial charge in [0.15, 0.2) is 6.16 Å². The van der Waals surface area contributed by atoms with Crippen molar-refractivity contribution in [2.24, 2.45) is 0 Å². The van der Waals surface area contributed by atoms with Gasteiger partial charge in [0.1, 0.15) is 12.3 Å². The Hall–Kier alpha value is -2.19. The van der Waals surface area contributed by atoms with Gasteiger partial charge < -0.3 is 10.1 Å². The normalized spacial score (nSPS) is 12.3. The Bertz CT molecular complexity index is 852. The number of benzene rings is 2. The van der Waals surface area contributed by atoms with Crippen LogP contribution in [0.4, 0.5) is 5.69 Å². The molecule has 0 saturated carbocycles. The molecule has 5 heteroatoms. The van der Waals surface area contributed by atoms with Gasteiger partial charge in [-0.3, -0.25) is 4.79 Å². The number of carbonyl (C=O) groups is 2. The molecule has 0 aromatic heterocycles. The van der Waals surface area contributed by atoms with E-state index in [2.05, 4.69) is 38.2 Å². The van der Waals surface area contributed by atoms with Gasteiger partial charge in [0.05, 0.1) is 12.3 Å². The second kappa shape index (κ2) is 10.7. The standard InChI is InChI=1S/C25H34NO3P/c1-7-30(8-2,17-23(27)29-16-22-12-10-9-11-13-22)21(6)25(28)26-24-19(4)14-18(3)15-20(24)5/h9-15,21H,7-8,16-17H2,1-6H3/p+1. The van der Waals surface area contributed by atoms with Gasteiger partial charge in [-0.1, -0.05) is 48.0 Å². The Labute approximate surface area is 181 Å². The van der Waals surface area contributed by atoms with Gasteiger partial charge in [-0.2, -0.15) is 0 Å². The van der Waals surface area contributed by atoms with Crippen molar-refractivity contribution in [2.45, 2.75) is 53.8 Å². The predicted octanol–water partition coefficient (Wildman–Crippen LogP) is 5.74. The second-order valence-electron chi connectivity index (χ2n) is 8.09. The third-order valence-corrected chi connectivity index (χ3v) is 11.4. The van der Waals surface area contributed by atoms with Crippen molar-refractivity contribution in [1.82, 2.24) is 0 Å². The lowest BCUT2D eigenvalue weighted by atomic mass is 10.1. The van der Waals surface area contributed by atoms with E-state index in [9.17, 15) is 9.59 Å². The molecule has 0 spiro atoms. The molecule has 30 heavy (non-hydrogen) atoms. The average molecular weight is 429 g/mol. The van der Waals surface area contributed by atoms with Gasteiger partial charge in [-0.05, 0) is 58.2 Å². The SMILES string of the molecule is CC[P+](CC)(CC(=O)OCc1ccccc1)C(C)C(=O)Nc1c(C)cc(C)cc1C. The first-order chi connectivity index (χ1) is 14.2. The number of hydrogen-bond donors (Lipinski definition) is 1. The van der Waals surface area contributed by atoms with E-state index in [1.807, 2.05) is 51.1 Å². The summed E-state index contributed by atoms with van der Waals surface area (Å²) in [4.78, 5) is 25.8. The fourth-order valence-corrected chi connectivity index (χ4v) is 7.46. The maximum Gasteiger partial charge on any atom is 0.344 e. The molecule has 2 aromatic carbocycles. The fourth-order valence-electron chi connectivity index (χ4n) is 4.03. The van der Waals surface area contributed by atoms with Crippen molar-refractivity contribution < 1.29 is 14.3 Å². The Morgan fingerprint density at radius 2 is 1.57 bits per heavy atom. The molecule has 0 saturated heterocycles. The molecule has 0 fully saturated rings. The number of anilines is 1. The van der Waals surface area contributed by atoms with Crippen molar-refractivity contribution in [2.75, 3.05) is 23.8 Å². The molecular formula is C25H35NO3P+. The molecule has 1 N–H and O–H groups in total. The summed E-state index contributed by atoms with van der Waals surface area (Å²) in [5.41, 5.74) is 4.95. The molecule has 0 radical (unpaired) electrons. The van der Waals surface area contributed by atoms with E-state index < -0.39 is 7.26 Å². The highest BCUT2D eigenvalue weighted by Gasteiger charge is 2.46. The number of hydrogen-bond acceptors (Lipinski definition) is 3. The van der Waals surface area contributed by atoms with Crippen LogP contribution in [-0.2, 0) is 20.9 Å². The van der Waals surface area contributed by atoms with Crippen LogP contribution in [-0.4, -0.2) is 36.0 Å². The number of carbonyl (C=O) groups excluding carboxylic acids is 2.